The highest BCUT2D eigenvalue weighted by Crippen LogP contribution is 2.28. The average Bonchev–Trinajstić information content (AvgIpc) is 2.27. The summed E-state index contributed by atoms with van der Waals surface area (Å²) in [5.74, 6) is 0.207. The van der Waals surface area contributed by atoms with Gasteiger partial charge in [0.15, 0.2) is 5.78 Å². The molecule has 0 radical (unpaired) electrons. The molecule has 0 aromatic heterocycles. The maximum Gasteiger partial charge on any atom is 0.168 e. The normalized spacial score (nSPS) is 12.6. The molecule has 0 fully saturated rings. The largest absolute Gasteiger partial charge is 0.294 e. The third-order valence-corrected chi connectivity index (χ3v) is 3.49. The molecule has 0 heterocycles. The van der Waals surface area contributed by atoms with Crippen molar-refractivity contribution in [1.82, 2.24) is 0 Å². The summed E-state index contributed by atoms with van der Waals surface area (Å²) in [6, 6.07) is 8.09. The van der Waals surface area contributed by atoms with Gasteiger partial charge in [0.25, 0.3) is 0 Å². The molecule has 0 amide bonds. The smallest absolute Gasteiger partial charge is 0.168 e. The quantitative estimate of drug-likeness (QED) is 0.696. The average molecular weight is 232 g/mol. The van der Waals surface area contributed by atoms with Crippen molar-refractivity contribution in [1.29, 1.82) is 0 Å². The van der Waals surface area contributed by atoms with Crippen LogP contribution >= 0.6 is 0 Å². The van der Waals surface area contributed by atoms with Crippen LogP contribution in [0.5, 0.6) is 0 Å². The van der Waals surface area contributed by atoms with Gasteiger partial charge in [-0.1, -0.05) is 65.8 Å². The number of Topliss-reactive ketones (excluding diaryl/α,β-unsaturated/α-hetero) is 1. The van der Waals surface area contributed by atoms with Crippen molar-refractivity contribution in [3.63, 3.8) is 0 Å². The lowest BCUT2D eigenvalue weighted by Gasteiger charge is -2.24. The van der Waals surface area contributed by atoms with E-state index >= 15 is 0 Å². The van der Waals surface area contributed by atoms with Crippen LogP contribution in [-0.4, -0.2) is 5.78 Å². The molecule has 0 saturated carbocycles. The first-order valence-electron chi connectivity index (χ1n) is 6.34. The van der Waals surface area contributed by atoms with Crippen LogP contribution in [0.2, 0.25) is 0 Å². The lowest BCUT2D eigenvalue weighted by molar-refractivity contribution is 0.0858. The van der Waals surface area contributed by atoms with Crippen LogP contribution in [0.4, 0.5) is 0 Å². The third-order valence-electron chi connectivity index (χ3n) is 3.49. The zero-order valence-corrected chi connectivity index (χ0v) is 11.9. The van der Waals surface area contributed by atoms with Crippen molar-refractivity contribution in [2.45, 2.75) is 53.4 Å². The predicted molar refractivity (Wildman–Crippen MR) is 73.5 cm³/mol. The molecule has 0 saturated heterocycles. The monoisotopic (exact) mass is 232 g/mol. The molecule has 0 unspecified atom stereocenters. The number of carbonyl (C=O) groups is 1. The van der Waals surface area contributed by atoms with E-state index in [1.807, 2.05) is 32.9 Å². The molecular weight excluding hydrogens is 208 g/mol. The standard InChI is InChI=1S/C16H24O/c1-7-16(5,6)13-10-8-12(9-11-13)14(17)15(2,3)4/h8-11H,7H2,1-6H3. The summed E-state index contributed by atoms with van der Waals surface area (Å²) in [5, 5.41) is 0. The number of hydrogen-bond acceptors (Lipinski definition) is 1. The molecule has 1 heteroatoms. The summed E-state index contributed by atoms with van der Waals surface area (Å²) in [6.07, 6.45) is 1.10. The van der Waals surface area contributed by atoms with Gasteiger partial charge in [-0.25, -0.2) is 0 Å². The van der Waals surface area contributed by atoms with Gasteiger partial charge in [-0.15, -0.1) is 0 Å². The molecule has 0 bridgehead atoms. The fourth-order valence-corrected chi connectivity index (χ4v) is 1.71. The maximum absolute atomic E-state index is 12.1. The minimum atomic E-state index is -0.304. The molecular formula is C16H24O. The molecule has 0 aliphatic rings. The first-order chi connectivity index (χ1) is 7.68. The molecule has 1 rings (SSSR count). The van der Waals surface area contributed by atoms with Crippen LogP contribution in [0.3, 0.4) is 0 Å². The van der Waals surface area contributed by atoms with E-state index in [-0.39, 0.29) is 16.6 Å². The van der Waals surface area contributed by atoms with Crippen LogP contribution in [0.25, 0.3) is 0 Å². The molecule has 1 nitrogen and oxygen atoms in total. The fraction of sp³-hybridized carbons (Fsp3) is 0.562. The van der Waals surface area contributed by atoms with E-state index in [1.165, 1.54) is 5.56 Å². The van der Waals surface area contributed by atoms with Gasteiger partial charge in [-0.3, -0.25) is 4.79 Å². The number of benzene rings is 1. The van der Waals surface area contributed by atoms with Crippen molar-refractivity contribution >= 4 is 5.78 Å². The van der Waals surface area contributed by atoms with Gasteiger partial charge in [0.05, 0.1) is 0 Å². The Balaban J connectivity index is 3.01. The zero-order chi connectivity index (χ0) is 13.3. The highest BCUT2D eigenvalue weighted by Gasteiger charge is 2.23. The molecule has 0 N–H and O–H groups in total. The van der Waals surface area contributed by atoms with E-state index in [2.05, 4.69) is 32.9 Å². The Kier molecular flexibility index (Phi) is 3.81. The molecule has 94 valence electrons. The molecule has 1 aromatic carbocycles. The molecule has 1 aromatic rings. The second-order valence-corrected chi connectivity index (χ2v) is 6.39. The zero-order valence-electron chi connectivity index (χ0n) is 11.9. The minimum absolute atomic E-state index is 0.184. The van der Waals surface area contributed by atoms with Crippen molar-refractivity contribution in [2.75, 3.05) is 0 Å². The number of carbonyl (C=O) groups excluding carboxylic acids is 1. The second kappa shape index (κ2) is 4.64. The predicted octanol–water partition coefficient (Wildman–Crippen LogP) is 4.60. The van der Waals surface area contributed by atoms with Crippen molar-refractivity contribution in [3.05, 3.63) is 35.4 Å². The Hall–Kier alpha value is -1.11. The highest BCUT2D eigenvalue weighted by atomic mass is 16.1. The van der Waals surface area contributed by atoms with Crippen LogP contribution in [0.1, 0.15) is 63.9 Å². The highest BCUT2D eigenvalue weighted by molar-refractivity contribution is 5.99. The van der Waals surface area contributed by atoms with E-state index in [0.29, 0.717) is 0 Å². The summed E-state index contributed by atoms with van der Waals surface area (Å²) in [6.45, 7) is 12.5. The minimum Gasteiger partial charge on any atom is -0.294 e. The molecule has 0 atom stereocenters. The molecule has 0 spiro atoms. The van der Waals surface area contributed by atoms with E-state index in [0.717, 1.165) is 12.0 Å². The van der Waals surface area contributed by atoms with Crippen LogP contribution in [-0.2, 0) is 5.41 Å². The van der Waals surface area contributed by atoms with Gasteiger partial charge in [0.2, 0.25) is 0 Å². The molecule has 17 heavy (non-hydrogen) atoms. The van der Waals surface area contributed by atoms with Gasteiger partial charge in [-0.05, 0) is 17.4 Å². The van der Waals surface area contributed by atoms with Crippen molar-refractivity contribution in [2.24, 2.45) is 5.41 Å². The summed E-state index contributed by atoms with van der Waals surface area (Å²) in [5.41, 5.74) is 1.99. The van der Waals surface area contributed by atoms with Crippen LogP contribution in [0.15, 0.2) is 24.3 Å². The van der Waals surface area contributed by atoms with Crippen LogP contribution < -0.4 is 0 Å². The number of ketones is 1. The van der Waals surface area contributed by atoms with E-state index in [1.54, 1.807) is 0 Å². The lowest BCUT2D eigenvalue weighted by atomic mass is 9.80. The van der Waals surface area contributed by atoms with Crippen molar-refractivity contribution in [3.8, 4) is 0 Å². The lowest BCUT2D eigenvalue weighted by Crippen LogP contribution is -2.21. The maximum atomic E-state index is 12.1. The topological polar surface area (TPSA) is 17.1 Å². The Labute approximate surface area is 105 Å². The van der Waals surface area contributed by atoms with E-state index in [4.69, 9.17) is 0 Å². The summed E-state index contributed by atoms with van der Waals surface area (Å²) >= 11 is 0. The van der Waals surface area contributed by atoms with Crippen molar-refractivity contribution < 1.29 is 4.79 Å². The van der Waals surface area contributed by atoms with Gasteiger partial charge in [0.1, 0.15) is 0 Å². The first kappa shape index (κ1) is 14.0. The van der Waals surface area contributed by atoms with E-state index in [9.17, 15) is 4.79 Å². The number of hydrogen-bond donors (Lipinski definition) is 0. The molecule has 0 aliphatic heterocycles. The Morgan fingerprint density at radius 3 is 1.82 bits per heavy atom. The first-order valence-corrected chi connectivity index (χ1v) is 6.34. The van der Waals surface area contributed by atoms with Gasteiger partial charge in [-0.2, -0.15) is 0 Å². The fourth-order valence-electron chi connectivity index (χ4n) is 1.71. The number of rotatable bonds is 3. The SMILES string of the molecule is CCC(C)(C)c1ccc(C(=O)C(C)(C)C)cc1. The Morgan fingerprint density at radius 2 is 1.47 bits per heavy atom. The summed E-state index contributed by atoms with van der Waals surface area (Å²) in [7, 11) is 0. The van der Waals surface area contributed by atoms with Gasteiger partial charge >= 0.3 is 0 Å². The Morgan fingerprint density at radius 1 is 1.00 bits per heavy atom. The van der Waals surface area contributed by atoms with Gasteiger partial charge in [0, 0.05) is 11.0 Å². The van der Waals surface area contributed by atoms with Gasteiger partial charge < -0.3 is 0 Å². The second-order valence-electron chi connectivity index (χ2n) is 6.39. The van der Waals surface area contributed by atoms with E-state index < -0.39 is 0 Å². The summed E-state index contributed by atoms with van der Waals surface area (Å²) < 4.78 is 0. The molecule has 0 aliphatic carbocycles. The Bertz CT molecular complexity index is 391. The van der Waals surface area contributed by atoms with Crippen LogP contribution in [0, 0.1) is 5.41 Å². The summed E-state index contributed by atoms with van der Waals surface area (Å²) in [4.78, 5) is 12.1. The third kappa shape index (κ3) is 3.18.